The van der Waals surface area contributed by atoms with E-state index in [1.807, 2.05) is 18.2 Å². The normalized spacial score (nSPS) is 13.8. The number of halogens is 1. The van der Waals surface area contributed by atoms with Gasteiger partial charge in [-0.25, -0.2) is 0 Å². The first-order valence-electron chi connectivity index (χ1n) is 7.14. The zero-order valence-electron chi connectivity index (χ0n) is 11.3. The van der Waals surface area contributed by atoms with E-state index in [1.165, 1.54) is 41.6 Å². The molecule has 1 heterocycles. The highest BCUT2D eigenvalue weighted by atomic mass is 35.5. The topological polar surface area (TPSA) is 24.9 Å². The molecule has 0 saturated heterocycles. The average Bonchev–Trinajstić information content (AvgIpc) is 2.86. The van der Waals surface area contributed by atoms with Crippen LogP contribution in [0, 0.1) is 0 Å². The summed E-state index contributed by atoms with van der Waals surface area (Å²) in [5, 5.41) is 5.57. The van der Waals surface area contributed by atoms with Crippen molar-refractivity contribution in [3.8, 4) is 0 Å². The minimum absolute atomic E-state index is 0.783. The lowest BCUT2D eigenvalue weighted by Gasteiger charge is -2.14. The highest BCUT2D eigenvalue weighted by Gasteiger charge is 2.19. The number of aryl methyl sites for hydroxylation is 1. The van der Waals surface area contributed by atoms with Gasteiger partial charge in [0.1, 0.15) is 0 Å². The van der Waals surface area contributed by atoms with Gasteiger partial charge >= 0.3 is 0 Å². The molecule has 100 valence electrons. The largest absolute Gasteiger partial charge is 0.384 e. The summed E-state index contributed by atoms with van der Waals surface area (Å²) in [6.45, 7) is 3.24. The highest BCUT2D eigenvalue weighted by Crippen LogP contribution is 2.35. The van der Waals surface area contributed by atoms with Crippen molar-refractivity contribution in [1.29, 1.82) is 0 Å². The van der Waals surface area contributed by atoms with Crippen molar-refractivity contribution >= 4 is 28.2 Å². The van der Waals surface area contributed by atoms with Gasteiger partial charge in [0.25, 0.3) is 0 Å². The van der Waals surface area contributed by atoms with Crippen molar-refractivity contribution < 1.29 is 0 Å². The minimum Gasteiger partial charge on any atom is -0.384 e. The number of pyridine rings is 1. The number of fused-ring (bicyclic) bond motifs is 2. The molecule has 0 bridgehead atoms. The average molecular weight is 275 g/mol. The summed E-state index contributed by atoms with van der Waals surface area (Å²) in [6, 6.07) is 5.99. The molecule has 2 nitrogen and oxygen atoms in total. The molecule has 0 spiro atoms. The van der Waals surface area contributed by atoms with Crippen molar-refractivity contribution in [2.45, 2.75) is 39.0 Å². The van der Waals surface area contributed by atoms with Crippen LogP contribution in [-0.4, -0.2) is 11.5 Å². The van der Waals surface area contributed by atoms with Crippen LogP contribution in [0.15, 0.2) is 18.2 Å². The van der Waals surface area contributed by atoms with E-state index in [9.17, 15) is 0 Å². The van der Waals surface area contributed by atoms with E-state index >= 15 is 0 Å². The van der Waals surface area contributed by atoms with Crippen LogP contribution in [0.1, 0.15) is 37.4 Å². The van der Waals surface area contributed by atoms with Crippen LogP contribution in [0.2, 0.25) is 5.02 Å². The quantitative estimate of drug-likeness (QED) is 0.825. The van der Waals surface area contributed by atoms with Gasteiger partial charge in [0, 0.05) is 28.3 Å². The van der Waals surface area contributed by atoms with Crippen LogP contribution in [0.4, 0.5) is 5.69 Å². The first-order chi connectivity index (χ1) is 9.29. The molecule has 2 aromatic rings. The Labute approximate surface area is 119 Å². The highest BCUT2D eigenvalue weighted by molar-refractivity contribution is 6.31. The van der Waals surface area contributed by atoms with E-state index in [-0.39, 0.29) is 0 Å². The molecule has 1 aromatic heterocycles. The summed E-state index contributed by atoms with van der Waals surface area (Å²) in [5.41, 5.74) is 5.01. The van der Waals surface area contributed by atoms with E-state index in [4.69, 9.17) is 16.6 Å². The lowest BCUT2D eigenvalue weighted by molar-refractivity contribution is 0.833. The van der Waals surface area contributed by atoms with Crippen LogP contribution < -0.4 is 5.32 Å². The minimum atomic E-state index is 0.783. The predicted octanol–water partition coefficient (Wildman–Crippen LogP) is 4.59. The fourth-order valence-electron chi connectivity index (χ4n) is 2.83. The van der Waals surface area contributed by atoms with Gasteiger partial charge in [-0.3, -0.25) is 4.98 Å². The molecule has 0 saturated carbocycles. The molecule has 1 aliphatic carbocycles. The summed E-state index contributed by atoms with van der Waals surface area (Å²) in [5.74, 6) is 0. The first-order valence-corrected chi connectivity index (χ1v) is 7.52. The summed E-state index contributed by atoms with van der Waals surface area (Å²) in [4.78, 5) is 4.79. The molecule has 1 N–H and O–H groups in total. The Morgan fingerprint density at radius 2 is 2.21 bits per heavy atom. The molecule has 0 atom stereocenters. The number of hydrogen-bond acceptors (Lipinski definition) is 2. The van der Waals surface area contributed by atoms with Gasteiger partial charge in [-0.15, -0.1) is 0 Å². The van der Waals surface area contributed by atoms with Crippen LogP contribution in [0.5, 0.6) is 0 Å². The molecule has 0 amide bonds. The lowest BCUT2D eigenvalue weighted by atomic mass is 10.1. The number of anilines is 1. The molecule has 3 rings (SSSR count). The standard InChI is InChI=1S/C16H19ClN2/c1-2-3-9-18-16-12-5-4-6-14(12)19-15-8-7-11(17)10-13(15)16/h7-8,10H,2-6,9H2,1H3,(H,18,19). The Bertz CT molecular complexity index is 607. The van der Waals surface area contributed by atoms with Crippen LogP contribution in [0.25, 0.3) is 10.9 Å². The molecular formula is C16H19ClN2. The van der Waals surface area contributed by atoms with Crippen LogP contribution in [-0.2, 0) is 12.8 Å². The second kappa shape index (κ2) is 5.38. The predicted molar refractivity (Wildman–Crippen MR) is 82.2 cm³/mol. The van der Waals surface area contributed by atoms with E-state index in [2.05, 4.69) is 12.2 Å². The smallest absolute Gasteiger partial charge is 0.0727 e. The lowest BCUT2D eigenvalue weighted by Crippen LogP contribution is -2.06. The Morgan fingerprint density at radius 1 is 1.32 bits per heavy atom. The summed E-state index contributed by atoms with van der Waals surface area (Å²) in [7, 11) is 0. The van der Waals surface area contributed by atoms with Crippen molar-refractivity contribution in [1.82, 2.24) is 4.98 Å². The monoisotopic (exact) mass is 274 g/mol. The number of hydrogen-bond donors (Lipinski definition) is 1. The van der Waals surface area contributed by atoms with Gasteiger partial charge < -0.3 is 5.32 Å². The van der Waals surface area contributed by atoms with Gasteiger partial charge in [-0.05, 0) is 49.4 Å². The number of rotatable bonds is 4. The zero-order chi connectivity index (χ0) is 13.2. The fourth-order valence-corrected chi connectivity index (χ4v) is 3.00. The van der Waals surface area contributed by atoms with Crippen molar-refractivity contribution in [2.24, 2.45) is 0 Å². The fraction of sp³-hybridized carbons (Fsp3) is 0.438. The molecule has 0 unspecified atom stereocenters. The molecule has 0 radical (unpaired) electrons. The van der Waals surface area contributed by atoms with Gasteiger partial charge in [-0.2, -0.15) is 0 Å². The zero-order valence-corrected chi connectivity index (χ0v) is 12.1. The second-order valence-corrected chi connectivity index (χ2v) is 5.64. The van der Waals surface area contributed by atoms with Crippen LogP contribution >= 0.6 is 11.6 Å². The molecule has 0 aliphatic heterocycles. The number of unbranched alkanes of at least 4 members (excludes halogenated alkanes) is 1. The maximum Gasteiger partial charge on any atom is 0.0727 e. The molecular weight excluding hydrogens is 256 g/mol. The molecule has 0 fully saturated rings. The molecule has 3 heteroatoms. The van der Waals surface area contributed by atoms with E-state index in [0.717, 1.165) is 29.9 Å². The van der Waals surface area contributed by atoms with Gasteiger partial charge in [0.15, 0.2) is 0 Å². The SMILES string of the molecule is CCCCNc1c2c(nc3ccc(Cl)cc13)CCC2. The van der Waals surface area contributed by atoms with Crippen molar-refractivity contribution in [3.05, 3.63) is 34.5 Å². The Balaban J connectivity index is 2.11. The van der Waals surface area contributed by atoms with Gasteiger partial charge in [0.05, 0.1) is 5.52 Å². The second-order valence-electron chi connectivity index (χ2n) is 5.21. The molecule has 1 aliphatic rings. The van der Waals surface area contributed by atoms with Crippen molar-refractivity contribution in [3.63, 3.8) is 0 Å². The van der Waals surface area contributed by atoms with Crippen LogP contribution in [0.3, 0.4) is 0 Å². The van der Waals surface area contributed by atoms with Gasteiger partial charge in [0.2, 0.25) is 0 Å². The first kappa shape index (κ1) is 12.7. The number of aromatic nitrogens is 1. The van der Waals surface area contributed by atoms with Gasteiger partial charge in [-0.1, -0.05) is 24.9 Å². The Hall–Kier alpha value is -1.28. The number of benzene rings is 1. The molecule has 1 aromatic carbocycles. The number of nitrogens with zero attached hydrogens (tertiary/aromatic N) is 1. The Morgan fingerprint density at radius 3 is 3.05 bits per heavy atom. The third kappa shape index (κ3) is 2.42. The Kier molecular flexibility index (Phi) is 3.61. The number of nitrogens with one attached hydrogen (secondary N) is 1. The van der Waals surface area contributed by atoms with Crippen molar-refractivity contribution in [2.75, 3.05) is 11.9 Å². The summed E-state index contributed by atoms with van der Waals surface area (Å²) < 4.78 is 0. The maximum atomic E-state index is 6.15. The van der Waals surface area contributed by atoms with E-state index in [0.29, 0.717) is 0 Å². The summed E-state index contributed by atoms with van der Waals surface area (Å²) in [6.07, 6.45) is 5.86. The van der Waals surface area contributed by atoms with E-state index < -0.39 is 0 Å². The maximum absolute atomic E-state index is 6.15. The summed E-state index contributed by atoms with van der Waals surface area (Å²) >= 11 is 6.15. The van der Waals surface area contributed by atoms with E-state index in [1.54, 1.807) is 0 Å². The third-order valence-corrected chi connectivity index (χ3v) is 4.04. The third-order valence-electron chi connectivity index (χ3n) is 3.81. The molecule has 19 heavy (non-hydrogen) atoms.